The molecule has 2 atom stereocenters. The molecule has 0 aliphatic heterocycles. The van der Waals surface area contributed by atoms with E-state index in [2.05, 4.69) is 43.6 Å². The SMILES string of the molecule is CCC(C)P(CCBr)C(C)CC. The molecule has 0 aromatic rings. The first-order valence-corrected chi connectivity index (χ1v) is 7.77. The minimum absolute atomic E-state index is 0.270. The van der Waals surface area contributed by atoms with E-state index in [1.807, 2.05) is 0 Å². The Balaban J connectivity index is 4.01. The minimum atomic E-state index is 0.270. The molecule has 2 unspecified atom stereocenters. The molecule has 0 fully saturated rings. The van der Waals surface area contributed by atoms with Crippen LogP contribution in [0, 0.1) is 0 Å². The van der Waals surface area contributed by atoms with Crippen molar-refractivity contribution >= 4 is 23.9 Å². The molecule has 0 saturated carbocycles. The maximum Gasteiger partial charge on any atom is 0.00708 e. The Kier molecular flexibility index (Phi) is 7.88. The molecule has 12 heavy (non-hydrogen) atoms. The fourth-order valence-electron chi connectivity index (χ4n) is 1.44. The molecule has 0 aromatic carbocycles. The largest absolute Gasteiger partial charge is 0.100 e. The Morgan fingerprint density at radius 1 is 1.08 bits per heavy atom. The van der Waals surface area contributed by atoms with Crippen LogP contribution in [-0.4, -0.2) is 22.8 Å². The maximum atomic E-state index is 3.56. The zero-order chi connectivity index (χ0) is 9.56. The predicted molar refractivity (Wildman–Crippen MR) is 65.1 cm³/mol. The van der Waals surface area contributed by atoms with E-state index in [0.29, 0.717) is 0 Å². The summed E-state index contributed by atoms with van der Waals surface area (Å²) in [4.78, 5) is 0. The Morgan fingerprint density at radius 2 is 1.50 bits per heavy atom. The van der Waals surface area contributed by atoms with Crippen molar-refractivity contribution in [1.82, 2.24) is 0 Å². The van der Waals surface area contributed by atoms with Crippen molar-refractivity contribution in [2.75, 3.05) is 11.5 Å². The van der Waals surface area contributed by atoms with Crippen molar-refractivity contribution in [2.45, 2.75) is 51.9 Å². The van der Waals surface area contributed by atoms with Crippen molar-refractivity contribution in [2.24, 2.45) is 0 Å². The van der Waals surface area contributed by atoms with Gasteiger partial charge in [-0.25, -0.2) is 0 Å². The monoisotopic (exact) mass is 252 g/mol. The number of hydrogen-bond donors (Lipinski definition) is 0. The summed E-state index contributed by atoms with van der Waals surface area (Å²) in [6, 6.07) is 0. The second-order valence-electron chi connectivity index (χ2n) is 3.44. The maximum absolute atomic E-state index is 3.56. The van der Waals surface area contributed by atoms with E-state index < -0.39 is 0 Å². The van der Waals surface area contributed by atoms with Crippen LogP contribution in [0.5, 0.6) is 0 Å². The summed E-state index contributed by atoms with van der Waals surface area (Å²) in [6.45, 7) is 9.47. The van der Waals surface area contributed by atoms with E-state index in [0.717, 1.165) is 11.3 Å². The summed E-state index contributed by atoms with van der Waals surface area (Å²) in [6.07, 6.45) is 4.10. The van der Waals surface area contributed by atoms with Crippen molar-refractivity contribution in [1.29, 1.82) is 0 Å². The van der Waals surface area contributed by atoms with Crippen LogP contribution in [0.4, 0.5) is 0 Å². The Labute approximate surface area is 87.4 Å². The smallest absolute Gasteiger partial charge is 0.00708 e. The first-order chi connectivity index (χ1) is 5.67. The van der Waals surface area contributed by atoms with Crippen molar-refractivity contribution in [3.8, 4) is 0 Å². The lowest BCUT2D eigenvalue weighted by atomic mass is 10.4. The van der Waals surface area contributed by atoms with Gasteiger partial charge in [0.05, 0.1) is 0 Å². The van der Waals surface area contributed by atoms with Crippen LogP contribution >= 0.6 is 23.9 Å². The van der Waals surface area contributed by atoms with Crippen molar-refractivity contribution < 1.29 is 0 Å². The molecular weight excluding hydrogens is 231 g/mol. The number of rotatable bonds is 6. The Bertz CT molecular complexity index is 96.0. The third kappa shape index (κ3) is 4.23. The first kappa shape index (κ1) is 12.9. The van der Waals surface area contributed by atoms with Gasteiger partial charge in [0.1, 0.15) is 0 Å². The highest BCUT2D eigenvalue weighted by Crippen LogP contribution is 2.48. The number of alkyl halides is 1. The molecule has 0 aromatic heterocycles. The van der Waals surface area contributed by atoms with Gasteiger partial charge in [-0.3, -0.25) is 0 Å². The molecule has 0 heterocycles. The molecule has 2 heteroatoms. The molecule has 0 rings (SSSR count). The van der Waals surface area contributed by atoms with Gasteiger partial charge >= 0.3 is 0 Å². The second kappa shape index (κ2) is 7.33. The lowest BCUT2D eigenvalue weighted by Crippen LogP contribution is -2.11. The predicted octanol–water partition coefficient (Wildman–Crippen LogP) is 4.46. The highest BCUT2D eigenvalue weighted by Gasteiger charge is 2.19. The number of hydrogen-bond acceptors (Lipinski definition) is 0. The van der Waals surface area contributed by atoms with Crippen molar-refractivity contribution in [3.63, 3.8) is 0 Å². The van der Waals surface area contributed by atoms with E-state index in [9.17, 15) is 0 Å². The van der Waals surface area contributed by atoms with Crippen LogP contribution in [0.25, 0.3) is 0 Å². The lowest BCUT2D eigenvalue weighted by molar-refractivity contribution is 0.831. The minimum Gasteiger partial charge on any atom is -0.100 e. The topological polar surface area (TPSA) is 0 Å². The normalized spacial score (nSPS) is 18.8. The van der Waals surface area contributed by atoms with Crippen LogP contribution in [0.1, 0.15) is 40.5 Å². The van der Waals surface area contributed by atoms with E-state index in [4.69, 9.17) is 0 Å². The summed E-state index contributed by atoms with van der Waals surface area (Å²) < 4.78 is 0. The zero-order valence-electron chi connectivity index (χ0n) is 8.81. The van der Waals surface area contributed by atoms with Crippen LogP contribution in [0.3, 0.4) is 0 Å². The Morgan fingerprint density at radius 3 is 1.75 bits per heavy atom. The summed E-state index contributed by atoms with van der Waals surface area (Å²) in [5.74, 6) is 0. The second-order valence-corrected chi connectivity index (χ2v) is 7.47. The van der Waals surface area contributed by atoms with E-state index in [1.54, 1.807) is 0 Å². The average Bonchev–Trinajstić information content (AvgIpc) is 2.11. The highest BCUT2D eigenvalue weighted by atomic mass is 79.9. The molecule has 0 aliphatic carbocycles. The Hall–Kier alpha value is 0.910. The van der Waals surface area contributed by atoms with Gasteiger partial charge in [0.2, 0.25) is 0 Å². The zero-order valence-corrected chi connectivity index (χ0v) is 11.3. The summed E-state index contributed by atoms with van der Waals surface area (Å²) in [5, 5.41) is 1.19. The van der Waals surface area contributed by atoms with Gasteiger partial charge in [0, 0.05) is 5.33 Å². The van der Waals surface area contributed by atoms with E-state index in [1.165, 1.54) is 24.3 Å². The molecule has 0 N–H and O–H groups in total. The summed E-state index contributed by atoms with van der Waals surface area (Å²) in [7, 11) is 0.270. The molecule has 0 nitrogen and oxygen atoms in total. The quantitative estimate of drug-likeness (QED) is 0.484. The van der Waals surface area contributed by atoms with Gasteiger partial charge in [0.15, 0.2) is 0 Å². The van der Waals surface area contributed by atoms with Crippen molar-refractivity contribution in [3.05, 3.63) is 0 Å². The van der Waals surface area contributed by atoms with Gasteiger partial charge in [-0.05, 0) is 30.3 Å². The summed E-state index contributed by atoms with van der Waals surface area (Å²) in [5.41, 5.74) is 1.90. The average molecular weight is 253 g/mol. The van der Waals surface area contributed by atoms with Gasteiger partial charge in [-0.15, -0.1) is 7.92 Å². The fourth-order valence-corrected chi connectivity index (χ4v) is 5.55. The van der Waals surface area contributed by atoms with Crippen LogP contribution in [0.15, 0.2) is 0 Å². The first-order valence-electron chi connectivity index (χ1n) is 4.99. The van der Waals surface area contributed by atoms with E-state index in [-0.39, 0.29) is 7.92 Å². The van der Waals surface area contributed by atoms with Gasteiger partial charge in [0.25, 0.3) is 0 Å². The standard InChI is InChI=1S/C10H22BrP/c1-5-9(3)12(8-7-11)10(4)6-2/h9-10H,5-8H2,1-4H3. The molecule has 0 radical (unpaired) electrons. The highest BCUT2D eigenvalue weighted by molar-refractivity contribution is 9.09. The third-order valence-electron chi connectivity index (χ3n) is 2.66. The van der Waals surface area contributed by atoms with Gasteiger partial charge in [-0.1, -0.05) is 43.6 Å². The molecular formula is C10H22BrP. The number of halogens is 1. The van der Waals surface area contributed by atoms with Gasteiger partial charge < -0.3 is 0 Å². The molecule has 74 valence electrons. The van der Waals surface area contributed by atoms with Gasteiger partial charge in [-0.2, -0.15) is 0 Å². The fraction of sp³-hybridized carbons (Fsp3) is 1.00. The summed E-state index contributed by atoms with van der Waals surface area (Å²) >= 11 is 3.56. The van der Waals surface area contributed by atoms with Crippen LogP contribution in [0.2, 0.25) is 0 Å². The van der Waals surface area contributed by atoms with E-state index >= 15 is 0 Å². The lowest BCUT2D eigenvalue weighted by Gasteiger charge is -2.28. The van der Waals surface area contributed by atoms with Crippen LogP contribution in [-0.2, 0) is 0 Å². The molecule has 0 spiro atoms. The molecule has 0 amide bonds. The molecule has 0 saturated heterocycles. The molecule has 0 aliphatic rings. The third-order valence-corrected chi connectivity index (χ3v) is 7.40. The van der Waals surface area contributed by atoms with Crippen LogP contribution < -0.4 is 0 Å². The molecule has 0 bridgehead atoms.